The molecule has 2 heterocycles. The van der Waals surface area contributed by atoms with E-state index in [0.717, 1.165) is 17.1 Å². The molecule has 1 atom stereocenters. The molecule has 128 valence electrons. The van der Waals surface area contributed by atoms with Crippen molar-refractivity contribution in [1.82, 2.24) is 9.78 Å². The highest BCUT2D eigenvalue weighted by Gasteiger charge is 2.33. The van der Waals surface area contributed by atoms with Crippen LogP contribution in [0.4, 0.5) is 0 Å². The molecule has 0 radical (unpaired) electrons. The van der Waals surface area contributed by atoms with E-state index in [2.05, 4.69) is 5.10 Å². The first-order valence-corrected chi connectivity index (χ1v) is 7.97. The number of ether oxygens (including phenoxy) is 3. The molecule has 0 saturated carbocycles. The zero-order valence-corrected chi connectivity index (χ0v) is 14.4. The van der Waals surface area contributed by atoms with Gasteiger partial charge in [-0.25, -0.2) is 9.48 Å². The van der Waals surface area contributed by atoms with E-state index < -0.39 is 5.79 Å². The number of aromatic nitrogens is 2. The van der Waals surface area contributed by atoms with Crippen LogP contribution in [-0.4, -0.2) is 40.9 Å². The first-order chi connectivity index (χ1) is 11.3. The van der Waals surface area contributed by atoms with E-state index in [1.807, 2.05) is 50.6 Å². The average molecular weight is 330 g/mol. The summed E-state index contributed by atoms with van der Waals surface area (Å²) in [7, 11) is 0. The summed E-state index contributed by atoms with van der Waals surface area (Å²) in [6, 6.07) is 9.20. The Labute approximate surface area is 141 Å². The van der Waals surface area contributed by atoms with Crippen molar-refractivity contribution in [3.63, 3.8) is 0 Å². The summed E-state index contributed by atoms with van der Waals surface area (Å²) in [5, 5.41) is 4.43. The van der Waals surface area contributed by atoms with Gasteiger partial charge in [0.15, 0.2) is 5.79 Å². The Morgan fingerprint density at radius 2 is 2.04 bits per heavy atom. The number of carbonyl (C=O) groups is 1. The fourth-order valence-corrected chi connectivity index (χ4v) is 2.73. The SMILES string of the molecule is Cc1cc(C)n(-c2ccc(C(=O)OC[C@H]3COC(C)(C)O3)cc2)n1. The van der Waals surface area contributed by atoms with Crippen LogP contribution in [0.2, 0.25) is 0 Å². The van der Waals surface area contributed by atoms with Crippen LogP contribution >= 0.6 is 0 Å². The minimum Gasteiger partial charge on any atom is -0.459 e. The smallest absolute Gasteiger partial charge is 0.338 e. The Balaban J connectivity index is 1.61. The lowest BCUT2D eigenvalue weighted by molar-refractivity contribution is -0.142. The molecule has 1 saturated heterocycles. The number of aryl methyl sites for hydroxylation is 2. The topological polar surface area (TPSA) is 62.6 Å². The summed E-state index contributed by atoms with van der Waals surface area (Å²) in [5.41, 5.74) is 3.41. The minimum absolute atomic E-state index is 0.182. The van der Waals surface area contributed by atoms with Crippen molar-refractivity contribution in [3.8, 4) is 5.69 Å². The van der Waals surface area contributed by atoms with E-state index in [0.29, 0.717) is 12.2 Å². The van der Waals surface area contributed by atoms with E-state index in [-0.39, 0.29) is 18.7 Å². The van der Waals surface area contributed by atoms with Gasteiger partial charge in [-0.1, -0.05) is 0 Å². The van der Waals surface area contributed by atoms with Crippen LogP contribution in [0.3, 0.4) is 0 Å². The maximum absolute atomic E-state index is 12.1. The molecule has 0 N–H and O–H groups in total. The predicted molar refractivity (Wildman–Crippen MR) is 88.2 cm³/mol. The molecule has 24 heavy (non-hydrogen) atoms. The lowest BCUT2D eigenvalue weighted by Gasteiger charge is -2.17. The number of benzene rings is 1. The average Bonchev–Trinajstić information content (AvgIpc) is 3.06. The normalized spacial score (nSPS) is 19.4. The summed E-state index contributed by atoms with van der Waals surface area (Å²) < 4.78 is 18.2. The second kappa shape index (κ2) is 6.37. The molecule has 1 aromatic carbocycles. The molecule has 6 nitrogen and oxygen atoms in total. The lowest BCUT2D eigenvalue weighted by Crippen LogP contribution is -2.25. The highest BCUT2D eigenvalue weighted by molar-refractivity contribution is 5.89. The van der Waals surface area contributed by atoms with Gasteiger partial charge in [0.25, 0.3) is 0 Å². The number of rotatable bonds is 4. The van der Waals surface area contributed by atoms with Gasteiger partial charge in [-0.15, -0.1) is 0 Å². The molecule has 0 unspecified atom stereocenters. The van der Waals surface area contributed by atoms with Crippen molar-refractivity contribution in [2.24, 2.45) is 0 Å². The molecule has 2 aromatic rings. The number of hydrogen-bond acceptors (Lipinski definition) is 5. The van der Waals surface area contributed by atoms with Crippen molar-refractivity contribution in [2.45, 2.75) is 39.6 Å². The highest BCUT2D eigenvalue weighted by Crippen LogP contribution is 2.22. The van der Waals surface area contributed by atoms with Gasteiger partial charge in [-0.3, -0.25) is 0 Å². The summed E-state index contributed by atoms with van der Waals surface area (Å²) >= 11 is 0. The van der Waals surface area contributed by atoms with Crippen LogP contribution in [0.25, 0.3) is 5.69 Å². The van der Waals surface area contributed by atoms with Crippen molar-refractivity contribution < 1.29 is 19.0 Å². The molecule has 0 bridgehead atoms. The number of nitrogens with zero attached hydrogens (tertiary/aromatic N) is 2. The van der Waals surface area contributed by atoms with Crippen LogP contribution in [0.5, 0.6) is 0 Å². The lowest BCUT2D eigenvalue weighted by atomic mass is 10.2. The van der Waals surface area contributed by atoms with E-state index >= 15 is 0 Å². The third-order valence-electron chi connectivity index (χ3n) is 3.82. The molecule has 1 aliphatic heterocycles. The third-order valence-corrected chi connectivity index (χ3v) is 3.82. The van der Waals surface area contributed by atoms with Gasteiger partial charge in [0.1, 0.15) is 12.7 Å². The Hall–Kier alpha value is -2.18. The molecular formula is C18H22N2O4. The Morgan fingerprint density at radius 3 is 2.58 bits per heavy atom. The molecule has 1 aliphatic rings. The maximum atomic E-state index is 12.1. The summed E-state index contributed by atoms with van der Waals surface area (Å²) in [6.45, 7) is 8.23. The molecule has 0 amide bonds. The molecular weight excluding hydrogens is 308 g/mol. The van der Waals surface area contributed by atoms with E-state index in [4.69, 9.17) is 14.2 Å². The Morgan fingerprint density at radius 1 is 1.33 bits per heavy atom. The maximum Gasteiger partial charge on any atom is 0.338 e. The Bertz CT molecular complexity index is 734. The molecule has 6 heteroatoms. The van der Waals surface area contributed by atoms with E-state index in [1.165, 1.54) is 0 Å². The zero-order valence-electron chi connectivity index (χ0n) is 14.4. The van der Waals surface area contributed by atoms with Gasteiger partial charge in [-0.05, 0) is 58.0 Å². The third kappa shape index (κ3) is 3.66. The Kier molecular flexibility index (Phi) is 4.43. The van der Waals surface area contributed by atoms with Gasteiger partial charge in [0, 0.05) is 5.69 Å². The fourth-order valence-electron chi connectivity index (χ4n) is 2.73. The largest absolute Gasteiger partial charge is 0.459 e. The number of hydrogen-bond donors (Lipinski definition) is 0. The standard InChI is InChI=1S/C18H22N2O4/c1-12-9-13(2)20(19-12)15-7-5-14(6-8-15)17(21)22-10-16-11-23-18(3,4)24-16/h5-9,16H,10-11H2,1-4H3/t16-/m0/s1. The fraction of sp³-hybridized carbons (Fsp3) is 0.444. The van der Waals surface area contributed by atoms with Crippen molar-refractivity contribution in [1.29, 1.82) is 0 Å². The zero-order chi connectivity index (χ0) is 17.3. The highest BCUT2D eigenvalue weighted by atomic mass is 16.7. The van der Waals surface area contributed by atoms with E-state index in [1.54, 1.807) is 12.1 Å². The van der Waals surface area contributed by atoms with Crippen LogP contribution < -0.4 is 0 Å². The molecule has 0 aliphatic carbocycles. The van der Waals surface area contributed by atoms with Crippen LogP contribution in [-0.2, 0) is 14.2 Å². The number of carbonyl (C=O) groups excluding carboxylic acids is 1. The van der Waals surface area contributed by atoms with Crippen LogP contribution in [0.1, 0.15) is 35.6 Å². The van der Waals surface area contributed by atoms with Crippen molar-refractivity contribution in [2.75, 3.05) is 13.2 Å². The van der Waals surface area contributed by atoms with Gasteiger partial charge < -0.3 is 14.2 Å². The summed E-state index contributed by atoms with van der Waals surface area (Å²) in [6.07, 6.45) is -0.224. The van der Waals surface area contributed by atoms with Gasteiger partial charge in [0.05, 0.1) is 23.6 Å². The van der Waals surface area contributed by atoms with E-state index in [9.17, 15) is 4.79 Å². The molecule has 1 fully saturated rings. The molecule has 3 rings (SSSR count). The van der Waals surface area contributed by atoms with Crippen LogP contribution in [0.15, 0.2) is 30.3 Å². The quantitative estimate of drug-likeness (QED) is 0.807. The summed E-state index contributed by atoms with van der Waals surface area (Å²) in [5.74, 6) is -0.985. The minimum atomic E-state index is -0.613. The van der Waals surface area contributed by atoms with Gasteiger partial charge in [-0.2, -0.15) is 5.10 Å². The van der Waals surface area contributed by atoms with Crippen molar-refractivity contribution in [3.05, 3.63) is 47.3 Å². The summed E-state index contributed by atoms with van der Waals surface area (Å²) in [4.78, 5) is 12.1. The monoisotopic (exact) mass is 330 g/mol. The first-order valence-electron chi connectivity index (χ1n) is 7.97. The second-order valence-corrected chi connectivity index (χ2v) is 6.43. The van der Waals surface area contributed by atoms with Crippen LogP contribution in [0, 0.1) is 13.8 Å². The molecule has 0 spiro atoms. The second-order valence-electron chi connectivity index (χ2n) is 6.43. The van der Waals surface area contributed by atoms with Gasteiger partial charge in [0.2, 0.25) is 0 Å². The molecule has 1 aromatic heterocycles. The van der Waals surface area contributed by atoms with Gasteiger partial charge >= 0.3 is 5.97 Å². The number of esters is 1. The van der Waals surface area contributed by atoms with Crippen molar-refractivity contribution >= 4 is 5.97 Å². The first kappa shape index (κ1) is 16.7. The predicted octanol–water partition coefficient (Wildman–Crippen LogP) is 2.80.